The second-order valence-electron chi connectivity index (χ2n) is 6.32. The van der Waals surface area contributed by atoms with Crippen LogP contribution in [0.2, 0.25) is 0 Å². The van der Waals surface area contributed by atoms with E-state index in [4.69, 9.17) is 5.73 Å². The molecule has 25 heavy (non-hydrogen) atoms. The largest absolute Gasteiger partial charge is 0.369 e. The van der Waals surface area contributed by atoms with Gasteiger partial charge in [-0.3, -0.25) is 14.5 Å². The highest BCUT2D eigenvalue weighted by atomic mass is 16.2. The van der Waals surface area contributed by atoms with Gasteiger partial charge in [-0.15, -0.1) is 0 Å². The molecule has 8 heteroatoms. The molecule has 1 atom stereocenters. The first kappa shape index (κ1) is 16.7. The van der Waals surface area contributed by atoms with Crippen LogP contribution in [-0.2, 0) is 10.3 Å². The lowest BCUT2D eigenvalue weighted by Gasteiger charge is -2.33. The molecule has 1 aliphatic rings. The van der Waals surface area contributed by atoms with Gasteiger partial charge in [0.2, 0.25) is 5.91 Å². The normalized spacial score (nSPS) is 20.4. The Labute approximate surface area is 145 Å². The van der Waals surface area contributed by atoms with E-state index in [1.807, 2.05) is 19.9 Å². The second-order valence-corrected chi connectivity index (χ2v) is 6.32. The number of anilines is 1. The molecule has 0 aliphatic carbocycles. The van der Waals surface area contributed by atoms with E-state index in [0.29, 0.717) is 5.69 Å². The van der Waals surface area contributed by atoms with Crippen molar-refractivity contribution in [2.24, 2.45) is 10.7 Å². The van der Waals surface area contributed by atoms with Gasteiger partial charge >= 0.3 is 0 Å². The van der Waals surface area contributed by atoms with Gasteiger partial charge in [0, 0.05) is 24.6 Å². The van der Waals surface area contributed by atoms with Gasteiger partial charge in [0.05, 0.1) is 12.0 Å². The summed E-state index contributed by atoms with van der Waals surface area (Å²) in [4.78, 5) is 37.1. The molecule has 1 aromatic carbocycles. The number of aliphatic imine (C=N–C) groups is 1. The maximum atomic E-state index is 12.2. The molecule has 2 heterocycles. The lowest BCUT2D eigenvalue weighted by Crippen LogP contribution is -2.47. The number of carbonyl (C=O) groups is 2. The summed E-state index contributed by atoms with van der Waals surface area (Å²) in [6, 6.07) is 7.23. The van der Waals surface area contributed by atoms with Gasteiger partial charge in [0.15, 0.2) is 11.8 Å². The van der Waals surface area contributed by atoms with Gasteiger partial charge < -0.3 is 16.0 Å². The highest BCUT2D eigenvalue weighted by molar-refractivity contribution is 6.02. The zero-order valence-corrected chi connectivity index (χ0v) is 14.3. The van der Waals surface area contributed by atoms with Crippen LogP contribution < -0.4 is 11.1 Å². The van der Waals surface area contributed by atoms with Crippen LogP contribution in [0.15, 0.2) is 35.5 Å². The third-order valence-corrected chi connectivity index (χ3v) is 4.23. The number of hydrogen-bond donors (Lipinski definition) is 3. The van der Waals surface area contributed by atoms with Gasteiger partial charge in [-0.05, 0) is 31.5 Å². The van der Waals surface area contributed by atoms with E-state index in [-0.39, 0.29) is 30.0 Å². The summed E-state index contributed by atoms with van der Waals surface area (Å²) in [6.07, 6.45) is 1.80. The molecular formula is C17H20N6O2. The Morgan fingerprint density at radius 1 is 1.44 bits per heavy atom. The third-order valence-electron chi connectivity index (χ3n) is 4.23. The number of rotatable bonds is 3. The number of aromatic amines is 1. The van der Waals surface area contributed by atoms with Crippen molar-refractivity contribution in [2.45, 2.75) is 25.8 Å². The SMILES string of the molecule is Cc1cnc(C(=O)Nc2cccc([C@]3(C)CC(=O)N(C)C(N)=N3)c2)[nH]1. The summed E-state index contributed by atoms with van der Waals surface area (Å²) in [5, 5.41) is 2.79. The highest BCUT2D eigenvalue weighted by Crippen LogP contribution is 2.34. The van der Waals surface area contributed by atoms with Crippen LogP contribution in [0.1, 0.15) is 35.2 Å². The molecule has 0 radical (unpaired) electrons. The number of nitrogens with one attached hydrogen (secondary N) is 2. The fourth-order valence-corrected chi connectivity index (χ4v) is 2.73. The van der Waals surface area contributed by atoms with Crippen LogP contribution in [0.5, 0.6) is 0 Å². The van der Waals surface area contributed by atoms with Gasteiger partial charge in [0.1, 0.15) is 0 Å². The molecule has 3 rings (SSSR count). The van der Waals surface area contributed by atoms with E-state index >= 15 is 0 Å². The molecule has 0 saturated heterocycles. The van der Waals surface area contributed by atoms with Crippen molar-refractivity contribution in [1.29, 1.82) is 0 Å². The highest BCUT2D eigenvalue weighted by Gasteiger charge is 2.36. The minimum atomic E-state index is -0.768. The van der Waals surface area contributed by atoms with Crippen LogP contribution in [-0.4, -0.2) is 39.7 Å². The molecular weight excluding hydrogens is 320 g/mol. The first-order chi connectivity index (χ1) is 11.8. The lowest BCUT2D eigenvalue weighted by atomic mass is 9.87. The third kappa shape index (κ3) is 3.23. The number of H-pyrrole nitrogens is 1. The van der Waals surface area contributed by atoms with E-state index in [1.165, 1.54) is 4.90 Å². The van der Waals surface area contributed by atoms with Crippen molar-refractivity contribution in [3.63, 3.8) is 0 Å². The monoisotopic (exact) mass is 340 g/mol. The molecule has 1 aromatic heterocycles. The molecule has 2 aromatic rings. The average Bonchev–Trinajstić information content (AvgIpc) is 2.99. The molecule has 1 aliphatic heterocycles. The molecule has 130 valence electrons. The number of benzene rings is 1. The Morgan fingerprint density at radius 3 is 2.84 bits per heavy atom. The van der Waals surface area contributed by atoms with Crippen molar-refractivity contribution >= 4 is 23.5 Å². The maximum Gasteiger partial charge on any atom is 0.291 e. The standard InChI is InChI=1S/C17H20N6O2/c1-10-9-19-14(20-10)15(25)21-12-6-4-5-11(7-12)17(2)8-13(24)23(3)16(18)22-17/h4-7,9H,8H2,1-3H3,(H2,18,22)(H,19,20)(H,21,25)/t17-/m0/s1. The molecule has 0 spiro atoms. The smallest absolute Gasteiger partial charge is 0.291 e. The average molecular weight is 340 g/mol. The second kappa shape index (κ2) is 6.04. The van der Waals surface area contributed by atoms with Gasteiger partial charge in [-0.2, -0.15) is 0 Å². The number of nitrogens with two attached hydrogens (primary N) is 1. The number of aromatic nitrogens is 2. The number of amides is 2. The van der Waals surface area contributed by atoms with Crippen LogP contribution in [0.4, 0.5) is 5.69 Å². The van der Waals surface area contributed by atoms with E-state index in [2.05, 4.69) is 20.3 Å². The first-order valence-electron chi connectivity index (χ1n) is 7.84. The summed E-state index contributed by atoms with van der Waals surface area (Å²) in [6.45, 7) is 3.67. The first-order valence-corrected chi connectivity index (χ1v) is 7.84. The van der Waals surface area contributed by atoms with E-state index in [9.17, 15) is 9.59 Å². The van der Waals surface area contributed by atoms with E-state index in [0.717, 1.165) is 11.3 Å². The van der Waals surface area contributed by atoms with Gasteiger partial charge in [0.25, 0.3) is 5.91 Å². The number of aryl methyl sites for hydroxylation is 1. The summed E-state index contributed by atoms with van der Waals surface area (Å²) in [5.41, 5.74) is 7.28. The van der Waals surface area contributed by atoms with Crippen molar-refractivity contribution in [3.8, 4) is 0 Å². The molecule has 4 N–H and O–H groups in total. The number of imidazole rings is 1. The summed E-state index contributed by atoms with van der Waals surface area (Å²) < 4.78 is 0. The Bertz CT molecular complexity index is 872. The van der Waals surface area contributed by atoms with Crippen LogP contribution in [0.3, 0.4) is 0 Å². The summed E-state index contributed by atoms with van der Waals surface area (Å²) >= 11 is 0. The van der Waals surface area contributed by atoms with E-state index in [1.54, 1.807) is 31.4 Å². The Kier molecular flexibility index (Phi) is 4.03. The van der Waals surface area contributed by atoms with E-state index < -0.39 is 5.54 Å². The molecule has 8 nitrogen and oxygen atoms in total. The van der Waals surface area contributed by atoms with Crippen LogP contribution >= 0.6 is 0 Å². The zero-order valence-electron chi connectivity index (χ0n) is 14.3. The molecule has 0 bridgehead atoms. The molecule has 0 saturated carbocycles. The summed E-state index contributed by atoms with van der Waals surface area (Å²) in [7, 11) is 1.60. The molecule has 0 unspecified atom stereocenters. The quantitative estimate of drug-likeness (QED) is 0.782. The van der Waals surface area contributed by atoms with Crippen molar-refractivity contribution in [2.75, 3.05) is 12.4 Å². The minimum absolute atomic E-state index is 0.101. The van der Waals surface area contributed by atoms with Gasteiger partial charge in [-0.25, -0.2) is 9.98 Å². The zero-order chi connectivity index (χ0) is 18.2. The van der Waals surface area contributed by atoms with Crippen LogP contribution in [0, 0.1) is 6.92 Å². The number of guanidine groups is 1. The molecule has 0 fully saturated rings. The predicted molar refractivity (Wildman–Crippen MR) is 94.1 cm³/mol. The predicted octanol–water partition coefficient (Wildman–Crippen LogP) is 1.36. The maximum absolute atomic E-state index is 12.2. The number of hydrogen-bond acceptors (Lipinski definition) is 5. The number of carbonyl (C=O) groups excluding carboxylic acids is 2. The minimum Gasteiger partial charge on any atom is -0.369 e. The lowest BCUT2D eigenvalue weighted by molar-refractivity contribution is -0.128. The summed E-state index contributed by atoms with van der Waals surface area (Å²) in [5.74, 6) is -0.0153. The fraction of sp³-hybridized carbons (Fsp3) is 0.294. The van der Waals surface area contributed by atoms with Gasteiger partial charge in [-0.1, -0.05) is 12.1 Å². The Hall–Kier alpha value is -3.16. The van der Waals surface area contributed by atoms with Crippen LogP contribution in [0.25, 0.3) is 0 Å². The Balaban J connectivity index is 1.87. The van der Waals surface area contributed by atoms with Crippen molar-refractivity contribution in [3.05, 3.63) is 47.5 Å². The fourth-order valence-electron chi connectivity index (χ4n) is 2.73. The topological polar surface area (TPSA) is 116 Å². The Morgan fingerprint density at radius 2 is 2.20 bits per heavy atom. The van der Waals surface area contributed by atoms with Crippen molar-refractivity contribution in [1.82, 2.24) is 14.9 Å². The molecule has 2 amide bonds. The van der Waals surface area contributed by atoms with Crippen molar-refractivity contribution < 1.29 is 9.59 Å². The number of nitrogens with zero attached hydrogens (tertiary/aromatic N) is 3.